The van der Waals surface area contributed by atoms with Crippen LogP contribution in [0.25, 0.3) is 0 Å². The van der Waals surface area contributed by atoms with Gasteiger partial charge < -0.3 is 0 Å². The zero-order chi connectivity index (χ0) is 15.6. The van der Waals surface area contributed by atoms with Crippen LogP contribution in [0.5, 0.6) is 0 Å². The highest BCUT2D eigenvalue weighted by atomic mass is 79.9. The average molecular weight is 358 g/mol. The molecule has 1 saturated heterocycles. The average Bonchev–Trinajstić information content (AvgIpc) is 3.06. The van der Waals surface area contributed by atoms with E-state index in [0.29, 0.717) is 0 Å². The Morgan fingerprint density at radius 2 is 2.00 bits per heavy atom. The lowest BCUT2D eigenvalue weighted by atomic mass is 9.89. The molecule has 0 spiro atoms. The van der Waals surface area contributed by atoms with Crippen LogP contribution in [0.3, 0.4) is 0 Å². The second-order valence-corrected chi connectivity index (χ2v) is 7.25. The molecular weight excluding hydrogens is 330 g/mol. The smallest absolute Gasteiger partial charge is 0.0766 e. The Balaban J connectivity index is 2.20. The Labute approximate surface area is 136 Å². The second-order valence-electron chi connectivity index (χ2n) is 6.46. The van der Waals surface area contributed by atoms with Gasteiger partial charge in [0.15, 0.2) is 0 Å². The minimum absolute atomic E-state index is 0.0291. The fourth-order valence-corrected chi connectivity index (χ4v) is 4.04. The number of nitrogens with one attached hydrogen (secondary N) is 1. The summed E-state index contributed by atoms with van der Waals surface area (Å²) in [4.78, 5) is 2.54. The van der Waals surface area contributed by atoms with Crippen molar-refractivity contribution in [3.05, 3.63) is 15.9 Å². The van der Waals surface area contributed by atoms with Gasteiger partial charge in [0.1, 0.15) is 0 Å². The predicted molar refractivity (Wildman–Crippen MR) is 90.0 cm³/mol. The zero-order valence-corrected chi connectivity index (χ0v) is 15.2. The first kappa shape index (κ1) is 16.9. The molecule has 0 aromatic carbocycles. The monoisotopic (exact) mass is 357 g/mol. The maximum atomic E-state index is 5.89. The zero-order valence-electron chi connectivity index (χ0n) is 13.6. The molecule has 1 atom stereocenters. The lowest BCUT2D eigenvalue weighted by Gasteiger charge is -2.42. The highest BCUT2D eigenvalue weighted by Gasteiger charge is 2.37. The summed E-state index contributed by atoms with van der Waals surface area (Å²) >= 11 is 3.70. The van der Waals surface area contributed by atoms with E-state index in [-0.39, 0.29) is 11.6 Å². The third kappa shape index (κ3) is 3.33. The number of aromatic nitrogens is 2. The van der Waals surface area contributed by atoms with E-state index in [9.17, 15) is 0 Å². The van der Waals surface area contributed by atoms with E-state index in [1.807, 2.05) is 11.7 Å². The SMILES string of the molecule is CCc1nn(C)c(CC(NN)C(C)(C)N2CCCC2)c1Br. The van der Waals surface area contributed by atoms with Gasteiger partial charge in [0.25, 0.3) is 0 Å². The molecule has 2 rings (SSSR count). The Bertz CT molecular complexity index is 477. The van der Waals surface area contributed by atoms with Gasteiger partial charge in [-0.1, -0.05) is 6.92 Å². The molecule has 1 aromatic heterocycles. The summed E-state index contributed by atoms with van der Waals surface area (Å²) in [5.41, 5.74) is 5.40. The quantitative estimate of drug-likeness (QED) is 0.603. The number of nitrogens with zero attached hydrogens (tertiary/aromatic N) is 3. The summed E-state index contributed by atoms with van der Waals surface area (Å²) in [5, 5.41) is 4.58. The maximum Gasteiger partial charge on any atom is 0.0766 e. The topological polar surface area (TPSA) is 59.1 Å². The second kappa shape index (κ2) is 6.77. The molecule has 0 bridgehead atoms. The minimum atomic E-state index is 0.0291. The summed E-state index contributed by atoms with van der Waals surface area (Å²) in [5.74, 6) is 5.89. The minimum Gasteiger partial charge on any atom is -0.297 e. The molecule has 1 fully saturated rings. The summed E-state index contributed by atoms with van der Waals surface area (Å²) in [7, 11) is 2.01. The Kier molecular flexibility index (Phi) is 5.46. The van der Waals surface area contributed by atoms with Crippen molar-refractivity contribution in [2.45, 2.75) is 58.0 Å². The van der Waals surface area contributed by atoms with Gasteiger partial charge in [-0.3, -0.25) is 20.9 Å². The molecule has 120 valence electrons. The number of nitrogens with two attached hydrogens (primary N) is 1. The third-order valence-electron chi connectivity index (χ3n) is 4.88. The molecule has 0 aliphatic carbocycles. The lowest BCUT2D eigenvalue weighted by molar-refractivity contribution is 0.106. The van der Waals surface area contributed by atoms with Crippen molar-refractivity contribution in [2.24, 2.45) is 12.9 Å². The van der Waals surface area contributed by atoms with E-state index in [0.717, 1.165) is 36.1 Å². The van der Waals surface area contributed by atoms with Gasteiger partial charge in [0, 0.05) is 25.0 Å². The number of hydrogen-bond donors (Lipinski definition) is 2. The standard InChI is InChI=1S/C15H28BrN5/c1-5-11-14(16)12(20(4)19-11)10-13(18-17)15(2,3)21-8-6-7-9-21/h13,18H,5-10,17H2,1-4H3. The molecule has 1 unspecified atom stereocenters. The molecule has 1 aliphatic heterocycles. The molecule has 0 saturated carbocycles. The summed E-state index contributed by atoms with van der Waals surface area (Å²) in [6, 6.07) is 0.187. The molecule has 0 amide bonds. The number of hydrogen-bond acceptors (Lipinski definition) is 4. The van der Waals surface area contributed by atoms with Crippen LogP contribution in [-0.2, 0) is 19.9 Å². The molecule has 1 aromatic rings. The Hall–Kier alpha value is -0.430. The first-order chi connectivity index (χ1) is 9.91. The summed E-state index contributed by atoms with van der Waals surface area (Å²) in [6.07, 6.45) is 4.38. The fourth-order valence-electron chi connectivity index (χ4n) is 3.26. The largest absolute Gasteiger partial charge is 0.297 e. The van der Waals surface area contributed by atoms with Gasteiger partial charge in [-0.25, -0.2) is 0 Å². The first-order valence-corrected chi connectivity index (χ1v) is 8.62. The van der Waals surface area contributed by atoms with Crippen molar-refractivity contribution in [1.29, 1.82) is 0 Å². The number of halogens is 1. The molecule has 21 heavy (non-hydrogen) atoms. The molecule has 0 radical (unpaired) electrons. The molecule has 2 heterocycles. The van der Waals surface area contributed by atoms with E-state index in [4.69, 9.17) is 5.84 Å². The van der Waals surface area contributed by atoms with Crippen LogP contribution < -0.4 is 11.3 Å². The van der Waals surface area contributed by atoms with Crippen molar-refractivity contribution >= 4 is 15.9 Å². The van der Waals surface area contributed by atoms with E-state index < -0.39 is 0 Å². The summed E-state index contributed by atoms with van der Waals surface area (Å²) < 4.78 is 3.11. The first-order valence-electron chi connectivity index (χ1n) is 7.83. The highest BCUT2D eigenvalue weighted by Crippen LogP contribution is 2.29. The van der Waals surface area contributed by atoms with Crippen LogP contribution in [0.15, 0.2) is 4.47 Å². The number of likely N-dealkylation sites (tertiary alicyclic amines) is 1. The molecule has 1 aliphatic rings. The van der Waals surface area contributed by atoms with Gasteiger partial charge in [-0.2, -0.15) is 5.10 Å². The number of rotatable bonds is 6. The van der Waals surface area contributed by atoms with Gasteiger partial charge in [-0.15, -0.1) is 0 Å². The van der Waals surface area contributed by atoms with Crippen molar-refractivity contribution in [3.63, 3.8) is 0 Å². The van der Waals surface area contributed by atoms with Crippen molar-refractivity contribution in [1.82, 2.24) is 20.1 Å². The lowest BCUT2D eigenvalue weighted by Crippen LogP contribution is -2.59. The molecule has 6 heteroatoms. The maximum absolute atomic E-state index is 5.89. The predicted octanol–water partition coefficient (Wildman–Crippen LogP) is 1.99. The van der Waals surface area contributed by atoms with Gasteiger partial charge >= 0.3 is 0 Å². The van der Waals surface area contributed by atoms with Crippen LogP contribution in [0, 0.1) is 0 Å². The fraction of sp³-hybridized carbons (Fsp3) is 0.800. The highest BCUT2D eigenvalue weighted by molar-refractivity contribution is 9.10. The van der Waals surface area contributed by atoms with E-state index in [1.54, 1.807) is 0 Å². The van der Waals surface area contributed by atoms with Gasteiger partial charge in [0.2, 0.25) is 0 Å². The van der Waals surface area contributed by atoms with Crippen molar-refractivity contribution in [3.8, 4) is 0 Å². The van der Waals surface area contributed by atoms with Gasteiger partial charge in [-0.05, 0) is 62.1 Å². The summed E-state index contributed by atoms with van der Waals surface area (Å²) in [6.45, 7) is 9.03. The van der Waals surface area contributed by atoms with Crippen LogP contribution in [-0.4, -0.2) is 39.4 Å². The molecular formula is C15H28BrN5. The molecule has 5 nitrogen and oxygen atoms in total. The van der Waals surface area contributed by atoms with Crippen LogP contribution in [0.1, 0.15) is 45.0 Å². The third-order valence-corrected chi connectivity index (χ3v) is 5.79. The Morgan fingerprint density at radius 3 is 2.48 bits per heavy atom. The van der Waals surface area contributed by atoms with Crippen LogP contribution in [0.4, 0.5) is 0 Å². The van der Waals surface area contributed by atoms with Gasteiger partial charge in [0.05, 0.1) is 15.9 Å². The normalized spacial score (nSPS) is 18.4. The van der Waals surface area contributed by atoms with Crippen LogP contribution in [0.2, 0.25) is 0 Å². The van der Waals surface area contributed by atoms with E-state index in [2.05, 4.69) is 52.1 Å². The number of aryl methyl sites for hydroxylation is 2. The van der Waals surface area contributed by atoms with E-state index in [1.165, 1.54) is 18.5 Å². The Morgan fingerprint density at radius 1 is 1.38 bits per heavy atom. The van der Waals surface area contributed by atoms with Crippen LogP contribution >= 0.6 is 15.9 Å². The molecule has 3 N–H and O–H groups in total. The number of hydrazine groups is 1. The van der Waals surface area contributed by atoms with Crippen molar-refractivity contribution in [2.75, 3.05) is 13.1 Å². The van der Waals surface area contributed by atoms with E-state index >= 15 is 0 Å². The van der Waals surface area contributed by atoms with Crippen molar-refractivity contribution < 1.29 is 0 Å².